The van der Waals surface area contributed by atoms with E-state index in [9.17, 15) is 4.79 Å². The van der Waals surface area contributed by atoms with E-state index in [0.717, 1.165) is 17.0 Å². The zero-order valence-electron chi connectivity index (χ0n) is 15.3. The highest BCUT2D eigenvalue weighted by Crippen LogP contribution is 2.25. The molecule has 2 heterocycles. The van der Waals surface area contributed by atoms with Crippen LogP contribution in [0.15, 0.2) is 41.7 Å². The molecule has 0 fully saturated rings. The van der Waals surface area contributed by atoms with Crippen molar-refractivity contribution in [3.8, 4) is 11.4 Å². The highest BCUT2D eigenvalue weighted by molar-refractivity contribution is 7.99. The number of benzene rings is 1. The second kappa shape index (κ2) is 7.74. The van der Waals surface area contributed by atoms with E-state index in [4.69, 9.17) is 0 Å². The van der Waals surface area contributed by atoms with Gasteiger partial charge in [0.2, 0.25) is 5.91 Å². The van der Waals surface area contributed by atoms with Crippen LogP contribution in [0.2, 0.25) is 0 Å². The van der Waals surface area contributed by atoms with Crippen LogP contribution in [0.4, 0.5) is 5.82 Å². The molecule has 1 N–H and O–H groups in total. The lowest BCUT2D eigenvalue weighted by Gasteiger charge is -2.11. The van der Waals surface area contributed by atoms with Gasteiger partial charge in [-0.15, -0.1) is 10.2 Å². The molecule has 0 radical (unpaired) electrons. The van der Waals surface area contributed by atoms with E-state index >= 15 is 0 Å². The third-order valence-corrected chi connectivity index (χ3v) is 5.00. The molecule has 0 bridgehead atoms. The summed E-state index contributed by atoms with van der Waals surface area (Å²) in [4.78, 5) is 12.3. The van der Waals surface area contributed by atoms with Crippen molar-refractivity contribution in [3.63, 3.8) is 0 Å². The molecule has 2 aromatic heterocycles. The molecule has 0 atom stereocenters. The van der Waals surface area contributed by atoms with Gasteiger partial charge >= 0.3 is 0 Å². The zero-order valence-corrected chi connectivity index (χ0v) is 16.1. The number of nitrogens with zero attached hydrogens (tertiary/aromatic N) is 5. The molecule has 1 aromatic carbocycles. The molecule has 0 spiro atoms. The fourth-order valence-electron chi connectivity index (χ4n) is 2.63. The number of hydrogen-bond donors (Lipinski definition) is 1. The summed E-state index contributed by atoms with van der Waals surface area (Å²) in [6.07, 6.45) is 1.68. The van der Waals surface area contributed by atoms with Gasteiger partial charge in [0.1, 0.15) is 5.82 Å². The molecule has 3 aromatic rings. The van der Waals surface area contributed by atoms with Crippen molar-refractivity contribution in [2.75, 3.05) is 11.1 Å². The van der Waals surface area contributed by atoms with Crippen LogP contribution >= 0.6 is 11.8 Å². The first-order valence-electron chi connectivity index (χ1n) is 8.39. The van der Waals surface area contributed by atoms with Crippen molar-refractivity contribution in [1.29, 1.82) is 0 Å². The summed E-state index contributed by atoms with van der Waals surface area (Å²) in [5.74, 6) is 1.65. The van der Waals surface area contributed by atoms with Gasteiger partial charge in [0.25, 0.3) is 0 Å². The van der Waals surface area contributed by atoms with Crippen LogP contribution in [0.1, 0.15) is 25.5 Å². The minimum absolute atomic E-state index is 0.0992. The minimum atomic E-state index is -0.0992. The third-order valence-electron chi connectivity index (χ3n) is 3.98. The fourth-order valence-corrected chi connectivity index (χ4v) is 3.34. The smallest absolute Gasteiger partial charge is 0.235 e. The van der Waals surface area contributed by atoms with Crippen LogP contribution in [0.5, 0.6) is 0 Å². The monoisotopic (exact) mass is 370 g/mol. The maximum absolute atomic E-state index is 12.3. The normalized spacial score (nSPS) is 11.1. The molecule has 26 heavy (non-hydrogen) atoms. The van der Waals surface area contributed by atoms with Crippen LogP contribution in [-0.2, 0) is 11.8 Å². The lowest BCUT2D eigenvalue weighted by atomic mass is 10.1. The van der Waals surface area contributed by atoms with Crippen molar-refractivity contribution in [2.45, 2.75) is 32.0 Å². The van der Waals surface area contributed by atoms with Crippen molar-refractivity contribution in [3.05, 3.63) is 42.1 Å². The van der Waals surface area contributed by atoms with Crippen molar-refractivity contribution in [2.24, 2.45) is 7.05 Å². The van der Waals surface area contributed by atoms with Crippen LogP contribution in [-0.4, -0.2) is 36.2 Å². The van der Waals surface area contributed by atoms with Gasteiger partial charge in [0, 0.05) is 24.7 Å². The Kier molecular flexibility index (Phi) is 5.41. The number of nitrogens with one attached hydrogen (secondary N) is 1. The minimum Gasteiger partial charge on any atom is -0.310 e. The van der Waals surface area contributed by atoms with Gasteiger partial charge < -0.3 is 9.88 Å². The van der Waals surface area contributed by atoms with Crippen LogP contribution in [0.25, 0.3) is 11.4 Å². The Labute approximate surface area is 156 Å². The number of aryl methyl sites for hydroxylation is 1. The Morgan fingerprint density at radius 2 is 2.00 bits per heavy atom. The van der Waals surface area contributed by atoms with Crippen molar-refractivity contribution >= 4 is 23.5 Å². The van der Waals surface area contributed by atoms with E-state index in [0.29, 0.717) is 11.0 Å². The molecular formula is C18H22N6OS. The van der Waals surface area contributed by atoms with Gasteiger partial charge in [-0.1, -0.05) is 36.0 Å². The Bertz CT molecular complexity index is 914. The molecule has 1 amide bonds. The molecule has 0 aliphatic heterocycles. The van der Waals surface area contributed by atoms with Crippen molar-refractivity contribution in [1.82, 2.24) is 24.5 Å². The summed E-state index contributed by atoms with van der Waals surface area (Å²) in [5, 5.41) is 16.3. The van der Waals surface area contributed by atoms with Crippen molar-refractivity contribution < 1.29 is 4.79 Å². The summed E-state index contributed by atoms with van der Waals surface area (Å²) in [7, 11) is 1.91. The quantitative estimate of drug-likeness (QED) is 0.674. The Morgan fingerprint density at radius 1 is 1.23 bits per heavy atom. The van der Waals surface area contributed by atoms with Crippen LogP contribution in [0, 0.1) is 6.92 Å². The first-order valence-corrected chi connectivity index (χ1v) is 9.37. The molecule has 0 aliphatic rings. The SMILES string of the molecule is Cc1ccccc1-c1nnc(SCC(=O)Nc2ccnn2C(C)C)n1C. The molecule has 7 nitrogen and oxygen atoms in total. The summed E-state index contributed by atoms with van der Waals surface area (Å²) < 4.78 is 3.69. The van der Waals surface area contributed by atoms with E-state index in [1.807, 2.05) is 56.7 Å². The molecule has 3 rings (SSSR count). The molecule has 8 heteroatoms. The number of carbonyl (C=O) groups is 1. The molecular weight excluding hydrogens is 348 g/mol. The van der Waals surface area contributed by atoms with Crippen LogP contribution in [0.3, 0.4) is 0 Å². The number of anilines is 1. The summed E-state index contributed by atoms with van der Waals surface area (Å²) in [6.45, 7) is 6.08. The summed E-state index contributed by atoms with van der Waals surface area (Å²) in [5.41, 5.74) is 2.18. The van der Waals surface area contributed by atoms with E-state index in [-0.39, 0.29) is 17.7 Å². The summed E-state index contributed by atoms with van der Waals surface area (Å²) >= 11 is 1.36. The van der Waals surface area contributed by atoms with Gasteiger partial charge in [-0.2, -0.15) is 5.10 Å². The average molecular weight is 370 g/mol. The zero-order chi connectivity index (χ0) is 18.7. The topological polar surface area (TPSA) is 77.6 Å². The lowest BCUT2D eigenvalue weighted by molar-refractivity contribution is -0.113. The highest BCUT2D eigenvalue weighted by atomic mass is 32.2. The maximum Gasteiger partial charge on any atom is 0.235 e. The highest BCUT2D eigenvalue weighted by Gasteiger charge is 2.15. The third kappa shape index (κ3) is 3.80. The number of thioether (sulfide) groups is 1. The Balaban J connectivity index is 1.66. The van der Waals surface area contributed by atoms with Gasteiger partial charge in [-0.25, -0.2) is 4.68 Å². The first kappa shape index (κ1) is 18.2. The lowest BCUT2D eigenvalue weighted by Crippen LogP contribution is -2.18. The summed E-state index contributed by atoms with van der Waals surface area (Å²) in [6, 6.07) is 10.0. The predicted molar refractivity (Wildman–Crippen MR) is 103 cm³/mol. The average Bonchev–Trinajstić information content (AvgIpc) is 3.20. The number of aromatic nitrogens is 5. The molecule has 0 saturated carbocycles. The molecule has 136 valence electrons. The molecule has 0 aliphatic carbocycles. The number of amides is 1. The van der Waals surface area contributed by atoms with Gasteiger partial charge in [0.15, 0.2) is 11.0 Å². The Hall–Kier alpha value is -2.61. The second-order valence-electron chi connectivity index (χ2n) is 6.27. The largest absolute Gasteiger partial charge is 0.310 e. The predicted octanol–water partition coefficient (Wildman–Crippen LogP) is 3.30. The van der Waals surface area contributed by atoms with E-state index in [1.54, 1.807) is 16.9 Å². The van der Waals surface area contributed by atoms with E-state index < -0.39 is 0 Å². The van der Waals surface area contributed by atoms with E-state index in [2.05, 4.69) is 20.6 Å². The Morgan fingerprint density at radius 3 is 2.73 bits per heavy atom. The number of hydrogen-bond acceptors (Lipinski definition) is 5. The number of carbonyl (C=O) groups excluding carboxylic acids is 1. The van der Waals surface area contributed by atoms with Gasteiger partial charge in [-0.3, -0.25) is 4.79 Å². The van der Waals surface area contributed by atoms with E-state index in [1.165, 1.54) is 11.8 Å². The van der Waals surface area contributed by atoms with Gasteiger partial charge in [0.05, 0.1) is 11.9 Å². The first-order chi connectivity index (χ1) is 12.5. The molecule has 0 saturated heterocycles. The standard InChI is InChI=1S/C18H22N6OS/c1-12(2)24-15(9-10-19-24)20-16(25)11-26-18-22-21-17(23(18)4)14-8-6-5-7-13(14)3/h5-10,12H,11H2,1-4H3,(H,20,25). The van der Waals surface area contributed by atoms with Crippen LogP contribution < -0.4 is 5.32 Å². The fraction of sp³-hybridized carbons (Fsp3) is 0.333. The molecule has 0 unspecified atom stereocenters. The number of rotatable bonds is 6. The van der Waals surface area contributed by atoms with Gasteiger partial charge in [-0.05, 0) is 26.3 Å². The maximum atomic E-state index is 12.3. The second-order valence-corrected chi connectivity index (χ2v) is 7.21.